The predicted molar refractivity (Wildman–Crippen MR) is 85.4 cm³/mol. The van der Waals surface area contributed by atoms with E-state index in [4.69, 9.17) is 0 Å². The van der Waals surface area contributed by atoms with Gasteiger partial charge >= 0.3 is 0 Å². The molecule has 1 heterocycles. The van der Waals surface area contributed by atoms with Gasteiger partial charge in [0.25, 0.3) is 0 Å². The van der Waals surface area contributed by atoms with Crippen LogP contribution in [0.4, 0.5) is 0 Å². The third-order valence-corrected chi connectivity index (χ3v) is 4.58. The molecule has 0 aromatic carbocycles. The first-order valence-electron chi connectivity index (χ1n) is 7.97. The lowest BCUT2D eigenvalue weighted by molar-refractivity contribution is -0.123. The highest BCUT2D eigenvalue weighted by molar-refractivity contribution is 5.85. The maximum Gasteiger partial charge on any atom is 0.234 e. The summed E-state index contributed by atoms with van der Waals surface area (Å²) >= 11 is 0. The molecule has 2 rings (SSSR count). The Morgan fingerprint density at radius 3 is 2.15 bits per heavy atom. The highest BCUT2D eigenvalue weighted by Gasteiger charge is 2.21. The van der Waals surface area contributed by atoms with Crippen molar-refractivity contribution in [3.63, 3.8) is 0 Å². The Hall–Kier alpha value is -0.320. The van der Waals surface area contributed by atoms with Crippen LogP contribution in [0.1, 0.15) is 51.4 Å². The van der Waals surface area contributed by atoms with Crippen LogP contribution in [0.5, 0.6) is 0 Å². The Kier molecular flexibility index (Phi) is 8.50. The van der Waals surface area contributed by atoms with E-state index in [1.54, 1.807) is 0 Å². The summed E-state index contributed by atoms with van der Waals surface area (Å²) in [6.45, 7) is 2.68. The van der Waals surface area contributed by atoms with E-state index in [1.165, 1.54) is 38.5 Å². The van der Waals surface area contributed by atoms with E-state index in [1.807, 2.05) is 7.05 Å². The summed E-state index contributed by atoms with van der Waals surface area (Å²) in [7, 11) is 2.03. The number of carbonyl (C=O) groups is 1. The Bertz CT molecular complexity index is 272. The lowest BCUT2D eigenvalue weighted by atomic mass is 10.1. The minimum Gasteiger partial charge on any atom is -0.352 e. The summed E-state index contributed by atoms with van der Waals surface area (Å²) in [6, 6.07) is 1.08. The van der Waals surface area contributed by atoms with Crippen molar-refractivity contribution in [1.82, 2.24) is 15.5 Å². The second-order valence-electron chi connectivity index (χ2n) is 6.10. The Morgan fingerprint density at radius 1 is 1.00 bits per heavy atom. The molecule has 0 aromatic rings. The minimum atomic E-state index is 0. The number of amides is 1. The zero-order valence-electron chi connectivity index (χ0n) is 12.7. The summed E-state index contributed by atoms with van der Waals surface area (Å²) in [6.07, 6.45) is 9.90. The Morgan fingerprint density at radius 2 is 1.60 bits per heavy atom. The molecule has 1 saturated heterocycles. The van der Waals surface area contributed by atoms with E-state index in [2.05, 4.69) is 15.5 Å². The molecular formula is C15H30ClN3O. The van der Waals surface area contributed by atoms with Gasteiger partial charge in [-0.1, -0.05) is 25.7 Å². The predicted octanol–water partition coefficient (Wildman–Crippen LogP) is 1.93. The number of hydrogen-bond donors (Lipinski definition) is 2. The number of hydrogen-bond acceptors (Lipinski definition) is 3. The van der Waals surface area contributed by atoms with Crippen LogP contribution in [-0.2, 0) is 4.79 Å². The monoisotopic (exact) mass is 303 g/mol. The topological polar surface area (TPSA) is 44.4 Å². The molecule has 0 spiro atoms. The molecule has 5 heteroatoms. The molecule has 4 nitrogen and oxygen atoms in total. The van der Waals surface area contributed by atoms with E-state index in [9.17, 15) is 4.79 Å². The molecule has 0 bridgehead atoms. The van der Waals surface area contributed by atoms with Crippen LogP contribution in [0.25, 0.3) is 0 Å². The van der Waals surface area contributed by atoms with E-state index in [0.717, 1.165) is 25.9 Å². The molecule has 1 aliphatic heterocycles. The zero-order valence-corrected chi connectivity index (χ0v) is 13.5. The second kappa shape index (κ2) is 9.59. The summed E-state index contributed by atoms with van der Waals surface area (Å²) < 4.78 is 0. The normalized spacial score (nSPS) is 22.9. The van der Waals surface area contributed by atoms with Crippen LogP contribution in [0.3, 0.4) is 0 Å². The third-order valence-electron chi connectivity index (χ3n) is 4.58. The van der Waals surface area contributed by atoms with Gasteiger partial charge < -0.3 is 10.6 Å². The average molecular weight is 304 g/mol. The number of halogens is 1. The van der Waals surface area contributed by atoms with Gasteiger partial charge in [-0.25, -0.2) is 0 Å². The first-order valence-corrected chi connectivity index (χ1v) is 7.97. The number of nitrogens with zero attached hydrogens (tertiary/aromatic N) is 1. The minimum absolute atomic E-state index is 0. The molecule has 118 valence electrons. The van der Waals surface area contributed by atoms with E-state index >= 15 is 0 Å². The van der Waals surface area contributed by atoms with Crippen molar-refractivity contribution in [2.45, 2.75) is 63.5 Å². The van der Waals surface area contributed by atoms with Crippen LogP contribution in [0, 0.1) is 0 Å². The van der Waals surface area contributed by atoms with Crippen molar-refractivity contribution in [2.24, 2.45) is 0 Å². The number of carbonyl (C=O) groups excluding carboxylic acids is 1. The average Bonchev–Trinajstić information content (AvgIpc) is 2.68. The summed E-state index contributed by atoms with van der Waals surface area (Å²) in [4.78, 5) is 14.4. The lowest BCUT2D eigenvalue weighted by Gasteiger charge is -2.31. The zero-order chi connectivity index (χ0) is 13.5. The Labute approximate surface area is 129 Å². The van der Waals surface area contributed by atoms with E-state index in [0.29, 0.717) is 18.6 Å². The molecule has 1 saturated carbocycles. The van der Waals surface area contributed by atoms with Crippen molar-refractivity contribution in [3.05, 3.63) is 0 Å². The van der Waals surface area contributed by atoms with E-state index in [-0.39, 0.29) is 18.3 Å². The van der Waals surface area contributed by atoms with Crippen molar-refractivity contribution in [2.75, 3.05) is 26.7 Å². The molecular weight excluding hydrogens is 274 g/mol. The van der Waals surface area contributed by atoms with Gasteiger partial charge in [0.05, 0.1) is 6.54 Å². The molecule has 1 amide bonds. The highest BCUT2D eigenvalue weighted by Crippen LogP contribution is 2.17. The van der Waals surface area contributed by atoms with Crippen molar-refractivity contribution >= 4 is 18.3 Å². The summed E-state index contributed by atoms with van der Waals surface area (Å²) in [5, 5.41) is 6.56. The van der Waals surface area contributed by atoms with Crippen molar-refractivity contribution in [3.8, 4) is 0 Å². The molecule has 0 unspecified atom stereocenters. The first-order chi connectivity index (χ1) is 9.28. The molecule has 2 aliphatic rings. The molecule has 0 aromatic heterocycles. The molecule has 2 N–H and O–H groups in total. The molecule has 2 fully saturated rings. The third kappa shape index (κ3) is 5.98. The quantitative estimate of drug-likeness (QED) is 0.780. The van der Waals surface area contributed by atoms with Crippen LogP contribution < -0.4 is 10.6 Å². The van der Waals surface area contributed by atoms with Crippen molar-refractivity contribution < 1.29 is 4.79 Å². The SMILES string of the molecule is CNC1CCN(CC(=O)NC2CCCCCC2)CC1.Cl. The van der Waals surface area contributed by atoms with Crippen LogP contribution in [-0.4, -0.2) is 49.6 Å². The maximum absolute atomic E-state index is 12.1. The van der Waals surface area contributed by atoms with Gasteiger partial charge in [0.2, 0.25) is 5.91 Å². The fraction of sp³-hybridized carbons (Fsp3) is 0.933. The number of rotatable bonds is 4. The number of nitrogens with one attached hydrogen (secondary N) is 2. The maximum atomic E-state index is 12.1. The highest BCUT2D eigenvalue weighted by atomic mass is 35.5. The van der Waals surface area contributed by atoms with Gasteiger partial charge in [-0.15, -0.1) is 12.4 Å². The smallest absolute Gasteiger partial charge is 0.234 e. The fourth-order valence-electron chi connectivity index (χ4n) is 3.28. The van der Waals surface area contributed by atoms with Gasteiger partial charge in [0.1, 0.15) is 0 Å². The summed E-state index contributed by atoms with van der Waals surface area (Å²) in [5.41, 5.74) is 0. The number of likely N-dealkylation sites (tertiary alicyclic amines) is 1. The van der Waals surface area contributed by atoms with Gasteiger partial charge in [0.15, 0.2) is 0 Å². The number of piperidine rings is 1. The van der Waals surface area contributed by atoms with Gasteiger partial charge in [0, 0.05) is 25.2 Å². The van der Waals surface area contributed by atoms with Crippen LogP contribution >= 0.6 is 12.4 Å². The van der Waals surface area contributed by atoms with Crippen molar-refractivity contribution in [1.29, 1.82) is 0 Å². The standard InChI is InChI=1S/C15H29N3O.ClH/c1-16-13-8-10-18(11-9-13)12-15(19)17-14-6-4-2-3-5-7-14;/h13-14,16H,2-12H2,1H3,(H,17,19);1H. The van der Waals surface area contributed by atoms with Gasteiger partial charge in [-0.3, -0.25) is 9.69 Å². The second-order valence-corrected chi connectivity index (χ2v) is 6.10. The first kappa shape index (κ1) is 17.7. The van der Waals surface area contributed by atoms with Gasteiger partial charge in [-0.2, -0.15) is 0 Å². The largest absolute Gasteiger partial charge is 0.352 e. The fourth-order valence-corrected chi connectivity index (χ4v) is 3.28. The lowest BCUT2D eigenvalue weighted by Crippen LogP contribution is -2.47. The molecule has 0 radical (unpaired) electrons. The molecule has 20 heavy (non-hydrogen) atoms. The Balaban J connectivity index is 0.00000200. The molecule has 0 atom stereocenters. The van der Waals surface area contributed by atoms with Crippen LogP contribution in [0.15, 0.2) is 0 Å². The van der Waals surface area contributed by atoms with Crippen LogP contribution in [0.2, 0.25) is 0 Å². The molecule has 1 aliphatic carbocycles. The van der Waals surface area contributed by atoms with Gasteiger partial charge in [-0.05, 0) is 32.7 Å². The van der Waals surface area contributed by atoms with E-state index < -0.39 is 0 Å². The summed E-state index contributed by atoms with van der Waals surface area (Å²) in [5.74, 6) is 0.231.